The van der Waals surface area contributed by atoms with Crippen molar-refractivity contribution in [1.82, 2.24) is 0 Å². The van der Waals surface area contributed by atoms with E-state index in [0.29, 0.717) is 0 Å². The Morgan fingerprint density at radius 2 is 2.22 bits per heavy atom. The highest BCUT2D eigenvalue weighted by molar-refractivity contribution is 7.90. The van der Waals surface area contributed by atoms with E-state index in [9.17, 15) is 8.42 Å². The molecule has 0 atom stereocenters. The van der Waals surface area contributed by atoms with Crippen molar-refractivity contribution in [3.63, 3.8) is 0 Å². The van der Waals surface area contributed by atoms with Crippen LogP contribution in [0.4, 0.5) is 0 Å². The molecular weight excluding hydrogens is 140 g/mol. The van der Waals surface area contributed by atoms with Gasteiger partial charge in [-0.25, -0.2) is 8.42 Å². The van der Waals surface area contributed by atoms with Gasteiger partial charge in [0.25, 0.3) is 0 Å². The third-order valence-corrected chi connectivity index (χ3v) is 1.82. The Kier molecular flexibility index (Phi) is 1.32. The molecule has 0 unspecified atom stereocenters. The monoisotopic (exact) mass is 146 g/mol. The standard InChI is InChI=1S/C5H6O3S/c1-9(6,7)5-3-2-4-8-5/h2-4H,1H3. The average Bonchev–Trinajstić information content (AvgIpc) is 2.08. The SMILES string of the molecule is CS(=O)(=O)c1ccco1. The molecule has 4 heteroatoms. The third-order valence-electron chi connectivity index (χ3n) is 0.861. The van der Waals surface area contributed by atoms with Gasteiger partial charge in [0.05, 0.1) is 6.26 Å². The molecule has 0 aromatic carbocycles. The van der Waals surface area contributed by atoms with E-state index in [4.69, 9.17) is 0 Å². The highest BCUT2D eigenvalue weighted by Crippen LogP contribution is 2.06. The minimum Gasteiger partial charge on any atom is -0.453 e. The average molecular weight is 146 g/mol. The summed E-state index contributed by atoms with van der Waals surface area (Å²) in [6.07, 6.45) is 2.43. The lowest BCUT2D eigenvalue weighted by atomic mass is 10.7. The second-order valence-electron chi connectivity index (χ2n) is 1.70. The Labute approximate surface area is 53.2 Å². The van der Waals surface area contributed by atoms with Crippen molar-refractivity contribution in [3.8, 4) is 0 Å². The van der Waals surface area contributed by atoms with Crippen molar-refractivity contribution in [2.45, 2.75) is 5.09 Å². The summed E-state index contributed by atoms with van der Waals surface area (Å²) in [5.41, 5.74) is 0. The maximum absolute atomic E-state index is 10.6. The van der Waals surface area contributed by atoms with Crippen LogP contribution in [0.1, 0.15) is 0 Å². The van der Waals surface area contributed by atoms with Gasteiger partial charge in [-0.3, -0.25) is 0 Å². The van der Waals surface area contributed by atoms with Gasteiger partial charge in [-0.1, -0.05) is 0 Å². The minimum absolute atomic E-state index is 0.0162. The smallest absolute Gasteiger partial charge is 0.217 e. The Morgan fingerprint density at radius 1 is 1.56 bits per heavy atom. The summed E-state index contributed by atoms with van der Waals surface area (Å²) in [4.78, 5) is 0. The normalized spacial score (nSPS) is 11.7. The minimum atomic E-state index is -3.13. The van der Waals surface area contributed by atoms with Crippen molar-refractivity contribution in [3.05, 3.63) is 18.4 Å². The van der Waals surface area contributed by atoms with Crippen molar-refractivity contribution in [1.29, 1.82) is 0 Å². The fourth-order valence-electron chi connectivity index (χ4n) is 0.474. The van der Waals surface area contributed by atoms with Crippen LogP contribution >= 0.6 is 0 Å². The Morgan fingerprint density at radius 3 is 2.44 bits per heavy atom. The van der Waals surface area contributed by atoms with Gasteiger partial charge in [0.15, 0.2) is 0 Å². The van der Waals surface area contributed by atoms with Gasteiger partial charge >= 0.3 is 0 Å². The summed E-state index contributed by atoms with van der Waals surface area (Å²) in [5, 5.41) is 0.0162. The molecule has 0 amide bonds. The molecule has 9 heavy (non-hydrogen) atoms. The molecule has 1 aromatic rings. The molecule has 50 valence electrons. The van der Waals surface area contributed by atoms with Gasteiger partial charge in [-0.05, 0) is 12.1 Å². The van der Waals surface area contributed by atoms with E-state index in [1.807, 2.05) is 0 Å². The number of sulfone groups is 1. The van der Waals surface area contributed by atoms with Crippen molar-refractivity contribution >= 4 is 9.84 Å². The van der Waals surface area contributed by atoms with E-state index in [-0.39, 0.29) is 5.09 Å². The molecule has 1 rings (SSSR count). The van der Waals surface area contributed by atoms with E-state index in [2.05, 4.69) is 4.42 Å². The van der Waals surface area contributed by atoms with E-state index in [1.54, 1.807) is 0 Å². The van der Waals surface area contributed by atoms with Gasteiger partial charge in [0, 0.05) is 6.26 Å². The zero-order chi connectivity index (χ0) is 6.91. The molecule has 0 saturated carbocycles. The van der Waals surface area contributed by atoms with Gasteiger partial charge in [0.1, 0.15) is 0 Å². The molecule has 0 bridgehead atoms. The Hall–Kier alpha value is -0.770. The zero-order valence-electron chi connectivity index (χ0n) is 4.87. The Bertz CT molecular complexity index is 269. The van der Waals surface area contributed by atoms with Crippen LogP contribution in [-0.2, 0) is 9.84 Å². The molecule has 0 aliphatic rings. The highest BCUT2D eigenvalue weighted by atomic mass is 32.2. The summed E-state index contributed by atoms with van der Waals surface area (Å²) in [6.45, 7) is 0. The van der Waals surface area contributed by atoms with Crippen LogP contribution in [-0.4, -0.2) is 14.7 Å². The fourth-order valence-corrected chi connectivity index (χ4v) is 1.03. The molecule has 0 aliphatic heterocycles. The van der Waals surface area contributed by atoms with Crippen LogP contribution in [0.2, 0.25) is 0 Å². The summed E-state index contributed by atoms with van der Waals surface area (Å²) in [6, 6.07) is 2.95. The van der Waals surface area contributed by atoms with E-state index >= 15 is 0 Å². The fraction of sp³-hybridized carbons (Fsp3) is 0.200. The molecule has 0 fully saturated rings. The molecule has 1 heterocycles. The predicted molar refractivity (Wildman–Crippen MR) is 31.8 cm³/mol. The van der Waals surface area contributed by atoms with Crippen molar-refractivity contribution < 1.29 is 12.8 Å². The first-order chi connectivity index (χ1) is 4.11. The lowest BCUT2D eigenvalue weighted by molar-refractivity contribution is 0.452. The predicted octanol–water partition coefficient (Wildman–Crippen LogP) is 0.683. The van der Waals surface area contributed by atoms with Crippen LogP contribution < -0.4 is 0 Å². The molecule has 0 aliphatic carbocycles. The lowest BCUT2D eigenvalue weighted by Gasteiger charge is -1.86. The quantitative estimate of drug-likeness (QED) is 0.585. The van der Waals surface area contributed by atoms with Crippen LogP contribution in [0, 0.1) is 0 Å². The number of hydrogen-bond acceptors (Lipinski definition) is 3. The van der Waals surface area contributed by atoms with E-state index < -0.39 is 9.84 Å². The molecule has 0 radical (unpaired) electrons. The first kappa shape index (κ1) is 6.35. The lowest BCUT2D eigenvalue weighted by Crippen LogP contribution is -1.93. The summed E-state index contributed by atoms with van der Waals surface area (Å²) in [7, 11) is -3.13. The molecule has 0 spiro atoms. The maximum atomic E-state index is 10.6. The van der Waals surface area contributed by atoms with Gasteiger partial charge in [-0.2, -0.15) is 0 Å². The maximum Gasteiger partial charge on any atom is 0.217 e. The van der Waals surface area contributed by atoms with Crippen LogP contribution in [0.5, 0.6) is 0 Å². The third kappa shape index (κ3) is 1.32. The summed E-state index contributed by atoms with van der Waals surface area (Å²) in [5.74, 6) is 0. The second-order valence-corrected chi connectivity index (χ2v) is 3.65. The summed E-state index contributed by atoms with van der Waals surface area (Å²) < 4.78 is 25.8. The van der Waals surface area contributed by atoms with Crippen molar-refractivity contribution in [2.75, 3.05) is 6.26 Å². The van der Waals surface area contributed by atoms with Gasteiger partial charge < -0.3 is 4.42 Å². The van der Waals surface area contributed by atoms with Crippen LogP contribution in [0.3, 0.4) is 0 Å². The number of hydrogen-bond donors (Lipinski definition) is 0. The number of rotatable bonds is 1. The largest absolute Gasteiger partial charge is 0.453 e. The van der Waals surface area contributed by atoms with Gasteiger partial charge in [0.2, 0.25) is 14.9 Å². The van der Waals surface area contributed by atoms with Crippen molar-refractivity contribution in [2.24, 2.45) is 0 Å². The highest BCUT2D eigenvalue weighted by Gasteiger charge is 2.07. The molecule has 1 aromatic heterocycles. The van der Waals surface area contributed by atoms with E-state index in [0.717, 1.165) is 6.26 Å². The van der Waals surface area contributed by atoms with E-state index in [1.165, 1.54) is 18.4 Å². The zero-order valence-corrected chi connectivity index (χ0v) is 5.68. The molecule has 0 N–H and O–H groups in total. The van der Waals surface area contributed by atoms with Gasteiger partial charge in [-0.15, -0.1) is 0 Å². The molecule has 3 nitrogen and oxygen atoms in total. The van der Waals surface area contributed by atoms with Crippen LogP contribution in [0.25, 0.3) is 0 Å². The molecular formula is C5H6O3S. The number of furan rings is 1. The second kappa shape index (κ2) is 1.88. The first-order valence-electron chi connectivity index (χ1n) is 2.34. The first-order valence-corrected chi connectivity index (χ1v) is 4.23. The molecule has 0 saturated heterocycles. The van der Waals surface area contributed by atoms with Crippen LogP contribution in [0.15, 0.2) is 27.9 Å². The summed E-state index contributed by atoms with van der Waals surface area (Å²) >= 11 is 0. The topological polar surface area (TPSA) is 47.3 Å². The Balaban J connectivity index is 3.20.